The van der Waals surface area contributed by atoms with E-state index in [2.05, 4.69) is 14.9 Å². The lowest BCUT2D eigenvalue weighted by molar-refractivity contribution is -0.274. The third-order valence-electron chi connectivity index (χ3n) is 2.80. The van der Waals surface area contributed by atoms with Crippen molar-refractivity contribution in [1.29, 1.82) is 0 Å². The fraction of sp³-hybridized carbons (Fsp3) is 0.357. The van der Waals surface area contributed by atoms with Crippen LogP contribution in [0.2, 0.25) is 0 Å². The minimum Gasteiger partial charge on any atom is -0.483 e. The highest BCUT2D eigenvalue weighted by atomic mass is 19.4. The van der Waals surface area contributed by atoms with Crippen molar-refractivity contribution in [3.05, 3.63) is 42.0 Å². The molecule has 0 saturated heterocycles. The van der Waals surface area contributed by atoms with Crippen LogP contribution in [-0.2, 0) is 24.9 Å². The SMILES string of the molecule is CN(Cc1cccc(OC(F)(F)F)c1)Cc1nncn1C.O=CO. The van der Waals surface area contributed by atoms with Gasteiger partial charge in [-0.2, -0.15) is 0 Å². The van der Waals surface area contributed by atoms with Crippen molar-refractivity contribution in [3.63, 3.8) is 0 Å². The van der Waals surface area contributed by atoms with Crippen LogP contribution in [0.4, 0.5) is 13.2 Å². The highest BCUT2D eigenvalue weighted by molar-refractivity contribution is 5.32. The lowest BCUT2D eigenvalue weighted by atomic mass is 10.2. The summed E-state index contributed by atoms with van der Waals surface area (Å²) in [4.78, 5) is 10.3. The van der Waals surface area contributed by atoms with E-state index in [4.69, 9.17) is 9.90 Å². The molecule has 0 spiro atoms. The van der Waals surface area contributed by atoms with Crippen LogP contribution in [0, 0.1) is 0 Å². The van der Waals surface area contributed by atoms with Gasteiger partial charge in [0.2, 0.25) is 0 Å². The number of nitrogens with zero attached hydrogens (tertiary/aromatic N) is 4. The lowest BCUT2D eigenvalue weighted by Gasteiger charge is -2.16. The summed E-state index contributed by atoms with van der Waals surface area (Å²) < 4.78 is 42.2. The van der Waals surface area contributed by atoms with Crippen molar-refractivity contribution < 1.29 is 27.8 Å². The van der Waals surface area contributed by atoms with Crippen molar-refractivity contribution >= 4 is 6.47 Å². The van der Waals surface area contributed by atoms with Crippen LogP contribution < -0.4 is 4.74 Å². The first kappa shape index (κ1) is 19.4. The predicted molar refractivity (Wildman–Crippen MR) is 78.0 cm³/mol. The average Bonchev–Trinajstić information content (AvgIpc) is 2.83. The molecule has 0 unspecified atom stereocenters. The molecule has 7 nitrogen and oxygen atoms in total. The number of ether oxygens (including phenoxy) is 1. The molecule has 1 N–H and O–H groups in total. The van der Waals surface area contributed by atoms with Crippen molar-refractivity contribution in [1.82, 2.24) is 19.7 Å². The van der Waals surface area contributed by atoms with Crippen LogP contribution in [-0.4, -0.2) is 44.7 Å². The van der Waals surface area contributed by atoms with Crippen molar-refractivity contribution in [3.8, 4) is 5.75 Å². The van der Waals surface area contributed by atoms with E-state index in [1.807, 2.05) is 19.0 Å². The van der Waals surface area contributed by atoms with Gasteiger partial charge in [0.1, 0.15) is 17.9 Å². The second kappa shape index (κ2) is 8.87. The number of hydrogen-bond donors (Lipinski definition) is 1. The first-order chi connectivity index (χ1) is 11.2. The fourth-order valence-electron chi connectivity index (χ4n) is 1.90. The molecule has 0 radical (unpaired) electrons. The zero-order valence-corrected chi connectivity index (χ0v) is 13.1. The van der Waals surface area contributed by atoms with Gasteiger partial charge in [0.15, 0.2) is 0 Å². The van der Waals surface area contributed by atoms with Crippen molar-refractivity contribution in [2.45, 2.75) is 19.5 Å². The van der Waals surface area contributed by atoms with Gasteiger partial charge in [0.25, 0.3) is 6.47 Å². The molecule has 0 bridgehead atoms. The average molecular weight is 346 g/mol. The Morgan fingerprint density at radius 2 is 2.04 bits per heavy atom. The molecule has 2 rings (SSSR count). The van der Waals surface area contributed by atoms with Gasteiger partial charge in [-0.05, 0) is 24.7 Å². The first-order valence-electron chi connectivity index (χ1n) is 6.69. The summed E-state index contributed by atoms with van der Waals surface area (Å²) in [5.41, 5.74) is 0.724. The van der Waals surface area contributed by atoms with Gasteiger partial charge >= 0.3 is 6.36 Å². The van der Waals surface area contributed by atoms with E-state index in [1.165, 1.54) is 18.2 Å². The molecule has 0 fully saturated rings. The van der Waals surface area contributed by atoms with Gasteiger partial charge in [0, 0.05) is 13.6 Å². The van der Waals surface area contributed by atoms with E-state index < -0.39 is 6.36 Å². The number of halogens is 3. The quantitative estimate of drug-likeness (QED) is 0.835. The lowest BCUT2D eigenvalue weighted by Crippen LogP contribution is -2.20. The molecule has 10 heteroatoms. The second-order valence-corrected chi connectivity index (χ2v) is 4.83. The van der Waals surface area contributed by atoms with Crippen LogP contribution >= 0.6 is 0 Å². The molecule has 0 aliphatic carbocycles. The molecule has 1 aromatic carbocycles. The summed E-state index contributed by atoms with van der Waals surface area (Å²) >= 11 is 0. The summed E-state index contributed by atoms with van der Waals surface area (Å²) in [7, 11) is 3.69. The Balaban J connectivity index is 0.000000891. The minimum atomic E-state index is -4.68. The Labute approximate surface area is 136 Å². The van der Waals surface area contributed by atoms with Crippen molar-refractivity contribution in [2.24, 2.45) is 7.05 Å². The number of carbonyl (C=O) groups is 1. The van der Waals surface area contributed by atoms with E-state index >= 15 is 0 Å². The molecule has 1 aromatic heterocycles. The van der Waals surface area contributed by atoms with Gasteiger partial charge in [-0.15, -0.1) is 23.4 Å². The van der Waals surface area contributed by atoms with Gasteiger partial charge < -0.3 is 14.4 Å². The number of benzene rings is 1. The summed E-state index contributed by atoms with van der Waals surface area (Å²) in [6, 6.07) is 5.93. The Morgan fingerprint density at radius 1 is 1.38 bits per heavy atom. The second-order valence-electron chi connectivity index (χ2n) is 4.83. The van der Waals surface area contributed by atoms with E-state index in [9.17, 15) is 13.2 Å². The Morgan fingerprint density at radius 3 is 2.58 bits per heavy atom. The van der Waals surface area contributed by atoms with Crippen molar-refractivity contribution in [2.75, 3.05) is 7.05 Å². The predicted octanol–water partition coefficient (Wildman–Crippen LogP) is 2.05. The molecule has 24 heavy (non-hydrogen) atoms. The fourth-order valence-corrected chi connectivity index (χ4v) is 1.90. The summed E-state index contributed by atoms with van der Waals surface area (Å²) in [5.74, 6) is 0.562. The summed E-state index contributed by atoms with van der Waals surface area (Å²) in [6.45, 7) is 0.767. The number of hydrogen-bond acceptors (Lipinski definition) is 5. The Kier molecular flexibility index (Phi) is 7.18. The standard InChI is InChI=1S/C13H15F3N4O.CH2O2/c1-19(8-12-18-17-9-20(12)2)7-10-4-3-5-11(6-10)21-13(14,15)16;2-1-3/h3-6,9H,7-8H2,1-2H3;1H,(H,2,3). The molecule has 0 amide bonds. The molecule has 0 saturated carbocycles. The highest BCUT2D eigenvalue weighted by Gasteiger charge is 2.31. The van der Waals surface area contributed by atoms with Gasteiger partial charge in [-0.3, -0.25) is 9.69 Å². The third-order valence-corrected chi connectivity index (χ3v) is 2.80. The topological polar surface area (TPSA) is 80.5 Å². The van der Waals surface area contributed by atoms with Crippen LogP contribution in [0.15, 0.2) is 30.6 Å². The smallest absolute Gasteiger partial charge is 0.483 e. The molecule has 0 atom stereocenters. The summed E-state index contributed by atoms with van der Waals surface area (Å²) in [6.07, 6.45) is -3.08. The molecular formula is C14H17F3N4O3. The number of rotatable bonds is 5. The summed E-state index contributed by atoms with van der Waals surface area (Å²) in [5, 5.41) is 14.6. The minimum absolute atomic E-state index is 0.216. The zero-order chi connectivity index (χ0) is 18.2. The highest BCUT2D eigenvalue weighted by Crippen LogP contribution is 2.23. The zero-order valence-electron chi connectivity index (χ0n) is 13.1. The molecule has 0 aliphatic heterocycles. The van der Waals surface area contributed by atoms with E-state index in [1.54, 1.807) is 17.0 Å². The normalized spacial score (nSPS) is 10.9. The number of aryl methyl sites for hydroxylation is 1. The largest absolute Gasteiger partial charge is 0.573 e. The van der Waals surface area contributed by atoms with Crippen LogP contribution in [0.5, 0.6) is 5.75 Å². The number of alkyl halides is 3. The molecular weight excluding hydrogens is 329 g/mol. The van der Waals surface area contributed by atoms with E-state index in [0.29, 0.717) is 13.1 Å². The maximum Gasteiger partial charge on any atom is 0.573 e. The monoisotopic (exact) mass is 346 g/mol. The van der Waals surface area contributed by atoms with Crippen LogP contribution in [0.3, 0.4) is 0 Å². The Bertz CT molecular complexity index is 646. The molecule has 132 valence electrons. The van der Waals surface area contributed by atoms with Crippen LogP contribution in [0.1, 0.15) is 11.4 Å². The Hall–Kier alpha value is -2.62. The maximum atomic E-state index is 12.2. The first-order valence-corrected chi connectivity index (χ1v) is 6.69. The molecule has 0 aliphatic rings. The van der Waals surface area contributed by atoms with Crippen LogP contribution in [0.25, 0.3) is 0 Å². The number of carboxylic acid groups (broad SMARTS) is 1. The van der Waals surface area contributed by atoms with E-state index in [-0.39, 0.29) is 12.2 Å². The maximum absolute atomic E-state index is 12.2. The van der Waals surface area contributed by atoms with Gasteiger partial charge in [-0.1, -0.05) is 12.1 Å². The third kappa shape index (κ3) is 7.09. The molecule has 1 heterocycles. The molecule has 2 aromatic rings. The number of aromatic nitrogens is 3. The van der Waals surface area contributed by atoms with Gasteiger partial charge in [0.05, 0.1) is 6.54 Å². The van der Waals surface area contributed by atoms with Gasteiger partial charge in [-0.25, -0.2) is 0 Å². The van der Waals surface area contributed by atoms with E-state index in [0.717, 1.165) is 11.4 Å².